The Morgan fingerprint density at radius 1 is 0.968 bits per heavy atom. The van der Waals surface area contributed by atoms with E-state index in [1.54, 1.807) is 31.6 Å². The molecule has 7 heteroatoms. The van der Waals surface area contributed by atoms with Gasteiger partial charge in [-0.1, -0.05) is 0 Å². The van der Waals surface area contributed by atoms with Gasteiger partial charge >= 0.3 is 0 Å². The second kappa shape index (κ2) is 8.97. The largest absolute Gasteiger partial charge is 0.497 e. The quantitative estimate of drug-likeness (QED) is 0.403. The molecule has 0 bridgehead atoms. The third kappa shape index (κ3) is 4.73. The Balaban J connectivity index is 1.52. The molecule has 2 N–H and O–H groups in total. The lowest BCUT2D eigenvalue weighted by molar-refractivity contribution is 0.102. The molecule has 4 aromatic rings. The van der Waals surface area contributed by atoms with Crippen LogP contribution in [-0.4, -0.2) is 23.0 Å². The molecular weight excluding hydrogens is 408 g/mol. The number of rotatable bonds is 6. The zero-order valence-corrected chi connectivity index (χ0v) is 18.3. The van der Waals surface area contributed by atoms with E-state index in [2.05, 4.69) is 46.6 Å². The van der Waals surface area contributed by atoms with Crippen LogP contribution in [0.15, 0.2) is 66.3 Å². The molecule has 2 heterocycles. The maximum atomic E-state index is 12.4. The third-order valence-electron chi connectivity index (χ3n) is 4.83. The lowest BCUT2D eigenvalue weighted by Crippen LogP contribution is -2.11. The number of nitrogens with one attached hydrogen (secondary N) is 2. The molecule has 31 heavy (non-hydrogen) atoms. The fraction of sp³-hybridized carbons (Fsp3) is 0.125. The Bertz CT molecular complexity index is 1180. The smallest absolute Gasteiger partial charge is 0.257 e. The van der Waals surface area contributed by atoms with Gasteiger partial charge in [-0.3, -0.25) is 15.1 Å². The predicted octanol–water partition coefficient (Wildman–Crippen LogP) is 5.83. The Morgan fingerprint density at radius 2 is 1.65 bits per heavy atom. The molecule has 0 unspecified atom stereocenters. The molecule has 0 aliphatic rings. The summed E-state index contributed by atoms with van der Waals surface area (Å²) in [5.41, 5.74) is 6.67. The predicted molar refractivity (Wildman–Crippen MR) is 125 cm³/mol. The number of nitrogens with zero attached hydrogens (tertiary/aromatic N) is 2. The lowest BCUT2D eigenvalue weighted by Gasteiger charge is -2.13. The van der Waals surface area contributed by atoms with Gasteiger partial charge in [-0.2, -0.15) is 0 Å². The standard InChI is InChI=1S/C24H22N4O2S/c1-15-12-19(26-18-4-6-20(30-3)7-5-18)13-16(2)22(15)21-14-31-24(27-21)28-23(29)17-8-10-25-11-9-17/h4-14,26H,1-3H3,(H,27,28,29). The first-order valence-electron chi connectivity index (χ1n) is 9.73. The van der Waals surface area contributed by atoms with Crippen LogP contribution in [0.4, 0.5) is 16.5 Å². The molecule has 0 fully saturated rings. The highest BCUT2D eigenvalue weighted by molar-refractivity contribution is 7.14. The maximum absolute atomic E-state index is 12.4. The van der Waals surface area contributed by atoms with Crippen molar-refractivity contribution in [2.75, 3.05) is 17.7 Å². The first kappa shape index (κ1) is 20.6. The summed E-state index contributed by atoms with van der Waals surface area (Å²) >= 11 is 1.41. The second-order valence-corrected chi connectivity index (χ2v) is 7.92. The molecular formula is C24H22N4O2S. The summed E-state index contributed by atoms with van der Waals surface area (Å²) < 4.78 is 5.21. The van der Waals surface area contributed by atoms with Gasteiger partial charge in [0.15, 0.2) is 5.13 Å². The Hall–Kier alpha value is -3.71. The fourth-order valence-electron chi connectivity index (χ4n) is 3.40. The number of pyridine rings is 1. The number of hydrogen-bond acceptors (Lipinski definition) is 6. The van der Waals surface area contributed by atoms with Crippen LogP contribution in [0.5, 0.6) is 5.75 Å². The van der Waals surface area contributed by atoms with E-state index in [0.29, 0.717) is 10.7 Å². The molecule has 0 atom stereocenters. The van der Waals surface area contributed by atoms with Crippen LogP contribution in [0.1, 0.15) is 21.5 Å². The summed E-state index contributed by atoms with van der Waals surface area (Å²) in [5.74, 6) is 0.624. The van der Waals surface area contributed by atoms with Crippen LogP contribution >= 0.6 is 11.3 Å². The Kier molecular flexibility index (Phi) is 5.95. The van der Waals surface area contributed by atoms with Crippen molar-refractivity contribution in [2.45, 2.75) is 13.8 Å². The summed E-state index contributed by atoms with van der Waals surface area (Å²) in [5, 5.41) is 8.82. The Labute approximate surface area is 185 Å². The summed E-state index contributed by atoms with van der Waals surface area (Å²) in [6, 6.07) is 15.4. The van der Waals surface area contributed by atoms with Gasteiger partial charge in [0.05, 0.1) is 12.8 Å². The third-order valence-corrected chi connectivity index (χ3v) is 5.59. The summed E-state index contributed by atoms with van der Waals surface area (Å²) in [6.45, 7) is 4.13. The minimum Gasteiger partial charge on any atom is -0.497 e. The van der Waals surface area contributed by atoms with Crippen LogP contribution in [0.3, 0.4) is 0 Å². The van der Waals surface area contributed by atoms with Crippen molar-refractivity contribution < 1.29 is 9.53 Å². The zero-order chi connectivity index (χ0) is 21.8. The molecule has 0 saturated carbocycles. The SMILES string of the molecule is COc1ccc(Nc2cc(C)c(-c3csc(NC(=O)c4ccncc4)n3)c(C)c2)cc1. The second-order valence-electron chi connectivity index (χ2n) is 7.07. The van der Waals surface area contributed by atoms with E-state index in [1.807, 2.05) is 29.6 Å². The van der Waals surface area contributed by atoms with Gasteiger partial charge in [-0.25, -0.2) is 4.98 Å². The van der Waals surface area contributed by atoms with E-state index in [-0.39, 0.29) is 5.91 Å². The number of aryl methyl sites for hydroxylation is 2. The average Bonchev–Trinajstić information content (AvgIpc) is 3.22. The molecule has 1 amide bonds. The number of methoxy groups -OCH3 is 1. The zero-order valence-electron chi connectivity index (χ0n) is 17.5. The Morgan fingerprint density at radius 3 is 2.29 bits per heavy atom. The van der Waals surface area contributed by atoms with Crippen LogP contribution in [0, 0.1) is 13.8 Å². The molecule has 156 valence electrons. The van der Waals surface area contributed by atoms with Crippen LogP contribution in [-0.2, 0) is 0 Å². The highest BCUT2D eigenvalue weighted by Gasteiger charge is 2.14. The molecule has 0 saturated heterocycles. The van der Waals surface area contributed by atoms with E-state index in [9.17, 15) is 4.79 Å². The highest BCUT2D eigenvalue weighted by Crippen LogP contribution is 2.33. The number of carbonyl (C=O) groups is 1. The highest BCUT2D eigenvalue weighted by atomic mass is 32.1. The number of carbonyl (C=O) groups excluding carboxylic acids is 1. The van der Waals surface area contributed by atoms with Crippen molar-refractivity contribution in [1.82, 2.24) is 9.97 Å². The van der Waals surface area contributed by atoms with Crippen molar-refractivity contribution in [2.24, 2.45) is 0 Å². The fourth-order valence-corrected chi connectivity index (χ4v) is 4.10. The number of anilines is 3. The summed E-state index contributed by atoms with van der Waals surface area (Å²) in [6.07, 6.45) is 3.19. The normalized spacial score (nSPS) is 10.5. The minimum absolute atomic E-state index is 0.198. The van der Waals surface area contributed by atoms with Gasteiger partial charge in [0, 0.05) is 40.3 Å². The van der Waals surface area contributed by atoms with E-state index < -0.39 is 0 Å². The van der Waals surface area contributed by atoms with Crippen LogP contribution in [0.25, 0.3) is 11.3 Å². The lowest BCUT2D eigenvalue weighted by atomic mass is 9.99. The minimum atomic E-state index is -0.198. The maximum Gasteiger partial charge on any atom is 0.257 e. The first-order chi connectivity index (χ1) is 15.0. The molecule has 4 rings (SSSR count). The summed E-state index contributed by atoms with van der Waals surface area (Å²) in [7, 11) is 1.66. The number of thiazole rings is 1. The van der Waals surface area contributed by atoms with Crippen LogP contribution < -0.4 is 15.4 Å². The van der Waals surface area contributed by atoms with Crippen molar-refractivity contribution in [3.8, 4) is 17.0 Å². The van der Waals surface area contributed by atoms with Gasteiger partial charge in [0.2, 0.25) is 0 Å². The van der Waals surface area contributed by atoms with E-state index in [4.69, 9.17) is 4.74 Å². The van der Waals surface area contributed by atoms with Crippen molar-refractivity contribution in [3.05, 3.63) is 83.0 Å². The van der Waals surface area contributed by atoms with E-state index in [0.717, 1.165) is 39.5 Å². The first-order valence-corrected chi connectivity index (χ1v) is 10.6. The van der Waals surface area contributed by atoms with Gasteiger partial charge in [-0.05, 0) is 73.5 Å². The van der Waals surface area contributed by atoms with Gasteiger partial charge in [0.25, 0.3) is 5.91 Å². The summed E-state index contributed by atoms with van der Waals surface area (Å²) in [4.78, 5) is 20.9. The van der Waals surface area contributed by atoms with E-state index >= 15 is 0 Å². The van der Waals surface area contributed by atoms with Crippen molar-refractivity contribution in [1.29, 1.82) is 0 Å². The van der Waals surface area contributed by atoms with E-state index in [1.165, 1.54) is 11.3 Å². The molecule has 0 radical (unpaired) electrons. The number of hydrogen-bond donors (Lipinski definition) is 2. The molecule has 2 aromatic carbocycles. The van der Waals surface area contributed by atoms with Gasteiger partial charge in [0.1, 0.15) is 5.75 Å². The number of ether oxygens (including phenoxy) is 1. The molecule has 2 aromatic heterocycles. The monoisotopic (exact) mass is 430 g/mol. The topological polar surface area (TPSA) is 76.1 Å². The van der Waals surface area contributed by atoms with Gasteiger partial charge < -0.3 is 10.1 Å². The number of aromatic nitrogens is 2. The molecule has 0 spiro atoms. The number of benzene rings is 2. The van der Waals surface area contributed by atoms with Gasteiger partial charge in [-0.15, -0.1) is 11.3 Å². The van der Waals surface area contributed by atoms with Crippen molar-refractivity contribution >= 4 is 33.8 Å². The molecule has 0 aliphatic carbocycles. The average molecular weight is 431 g/mol. The van der Waals surface area contributed by atoms with Crippen LogP contribution in [0.2, 0.25) is 0 Å². The molecule has 0 aliphatic heterocycles. The number of amides is 1. The molecule has 6 nitrogen and oxygen atoms in total. The van der Waals surface area contributed by atoms with Crippen molar-refractivity contribution in [3.63, 3.8) is 0 Å².